The number of hydrogen-bond donors (Lipinski definition) is 1. The van der Waals surface area contributed by atoms with Crippen molar-refractivity contribution in [1.82, 2.24) is 0 Å². The highest BCUT2D eigenvalue weighted by Crippen LogP contribution is 2.30. The number of carbonyl (C=O) groups excluding carboxylic acids is 2. The first-order chi connectivity index (χ1) is 15.8. The molecule has 1 aliphatic rings. The minimum atomic E-state index is -1.05. The highest BCUT2D eigenvalue weighted by atomic mass is 35.5. The fourth-order valence-electron chi connectivity index (χ4n) is 3.28. The van der Waals surface area contributed by atoms with Gasteiger partial charge in [-0.1, -0.05) is 11.6 Å². The lowest BCUT2D eigenvalue weighted by Crippen LogP contribution is -2.21. The Morgan fingerprint density at radius 3 is 2.52 bits per heavy atom. The Labute approximate surface area is 193 Å². The number of halogens is 1. The van der Waals surface area contributed by atoms with Gasteiger partial charge in [0, 0.05) is 5.56 Å². The molecule has 4 rings (SSSR count). The van der Waals surface area contributed by atoms with Crippen molar-refractivity contribution in [2.75, 3.05) is 12.1 Å². The zero-order valence-corrected chi connectivity index (χ0v) is 18.3. The molecule has 3 aromatic rings. The van der Waals surface area contributed by atoms with E-state index in [0.29, 0.717) is 34.1 Å². The third-order valence-corrected chi connectivity index (χ3v) is 5.32. The number of furan rings is 1. The van der Waals surface area contributed by atoms with Gasteiger partial charge in [-0.05, 0) is 67.6 Å². The number of carboxylic acid groups (broad SMARTS) is 1. The summed E-state index contributed by atoms with van der Waals surface area (Å²) < 4.78 is 10.6. The Hall–Kier alpha value is -4.17. The van der Waals surface area contributed by atoms with Gasteiger partial charge in [0.1, 0.15) is 11.5 Å². The monoisotopic (exact) mass is 464 g/mol. The predicted molar refractivity (Wildman–Crippen MR) is 122 cm³/mol. The third kappa shape index (κ3) is 4.28. The highest BCUT2D eigenvalue weighted by molar-refractivity contribution is 6.33. The van der Waals surface area contributed by atoms with Crippen molar-refractivity contribution < 1.29 is 28.6 Å². The maximum Gasteiger partial charge on any atom is 0.339 e. The second-order valence-electron chi connectivity index (χ2n) is 7.10. The van der Waals surface area contributed by atoms with Crippen LogP contribution in [-0.4, -0.2) is 35.8 Å². The van der Waals surface area contributed by atoms with Crippen LogP contribution in [0.1, 0.15) is 33.4 Å². The number of hydrogen-bond acceptors (Lipinski definition) is 6. The van der Waals surface area contributed by atoms with Gasteiger partial charge in [-0.2, -0.15) is 10.1 Å². The van der Waals surface area contributed by atoms with E-state index in [2.05, 4.69) is 5.10 Å². The molecule has 0 saturated heterocycles. The lowest BCUT2D eigenvalue weighted by molar-refractivity contribution is -0.114. The fraction of sp³-hybridized carbons (Fsp3) is 0.0833. The summed E-state index contributed by atoms with van der Waals surface area (Å²) in [6.07, 6.45) is 1.58. The summed E-state index contributed by atoms with van der Waals surface area (Å²) in [7, 11) is 1.27. The Morgan fingerprint density at radius 1 is 1.12 bits per heavy atom. The number of aromatic carboxylic acids is 1. The molecule has 0 atom stereocenters. The van der Waals surface area contributed by atoms with E-state index in [9.17, 15) is 14.4 Å². The number of methoxy groups -OCH3 is 1. The molecule has 2 heterocycles. The molecule has 1 aromatic heterocycles. The molecule has 9 heteroatoms. The van der Waals surface area contributed by atoms with Gasteiger partial charge in [0.15, 0.2) is 0 Å². The summed E-state index contributed by atoms with van der Waals surface area (Å²) in [5.74, 6) is -1.09. The summed E-state index contributed by atoms with van der Waals surface area (Å²) in [5.41, 5.74) is 2.22. The molecule has 0 unspecified atom stereocenters. The maximum atomic E-state index is 12.9. The summed E-state index contributed by atoms with van der Waals surface area (Å²) in [4.78, 5) is 35.9. The number of anilines is 1. The molecule has 33 heavy (non-hydrogen) atoms. The maximum absolute atomic E-state index is 12.9. The first-order valence-corrected chi connectivity index (χ1v) is 10.1. The number of ether oxygens (including phenoxy) is 1. The topological polar surface area (TPSA) is 109 Å². The van der Waals surface area contributed by atoms with E-state index >= 15 is 0 Å². The molecule has 166 valence electrons. The van der Waals surface area contributed by atoms with Gasteiger partial charge in [0.05, 0.1) is 40.2 Å². The van der Waals surface area contributed by atoms with Gasteiger partial charge in [-0.15, -0.1) is 0 Å². The summed E-state index contributed by atoms with van der Waals surface area (Å²) in [6.45, 7) is 1.70. The van der Waals surface area contributed by atoms with Crippen molar-refractivity contribution in [2.24, 2.45) is 5.10 Å². The standard InChI is InChI=1S/C24H17ClN2O6/c1-13-18(22(28)27(26-13)16-6-3-14(4-7-16)23(29)30)12-17-8-10-21(33-17)15-5-9-20(25)19(11-15)24(31)32-2/h3-12H,1-2H3,(H,29,30)/b18-12-. The Morgan fingerprint density at radius 2 is 1.85 bits per heavy atom. The molecule has 1 N–H and O–H groups in total. The van der Waals surface area contributed by atoms with Crippen LogP contribution in [0.3, 0.4) is 0 Å². The molecule has 0 saturated carbocycles. The second-order valence-corrected chi connectivity index (χ2v) is 7.51. The van der Waals surface area contributed by atoms with E-state index in [-0.39, 0.29) is 22.1 Å². The van der Waals surface area contributed by atoms with Crippen LogP contribution in [0, 0.1) is 0 Å². The van der Waals surface area contributed by atoms with Crippen molar-refractivity contribution in [2.45, 2.75) is 6.92 Å². The molecular formula is C24H17ClN2O6. The van der Waals surface area contributed by atoms with Crippen LogP contribution >= 0.6 is 11.6 Å². The van der Waals surface area contributed by atoms with E-state index in [1.807, 2.05) is 0 Å². The molecule has 2 aromatic carbocycles. The van der Waals surface area contributed by atoms with Crippen LogP contribution in [0.15, 0.2) is 69.7 Å². The number of hydrazone groups is 1. The third-order valence-electron chi connectivity index (χ3n) is 4.99. The van der Waals surface area contributed by atoms with Crippen LogP contribution in [0.5, 0.6) is 0 Å². The molecule has 1 amide bonds. The second kappa shape index (κ2) is 8.76. The number of benzene rings is 2. The van der Waals surface area contributed by atoms with Gasteiger partial charge in [-0.25, -0.2) is 9.59 Å². The Balaban J connectivity index is 1.60. The van der Waals surface area contributed by atoms with Crippen LogP contribution in [0.25, 0.3) is 17.4 Å². The van der Waals surface area contributed by atoms with Crippen molar-refractivity contribution in [1.29, 1.82) is 0 Å². The van der Waals surface area contributed by atoms with Gasteiger partial charge < -0.3 is 14.3 Å². The minimum Gasteiger partial charge on any atom is -0.478 e. The number of carboxylic acids is 1. The average molecular weight is 465 g/mol. The normalized spacial score (nSPS) is 14.5. The first-order valence-electron chi connectivity index (χ1n) is 9.71. The van der Waals surface area contributed by atoms with E-state index in [1.54, 1.807) is 43.3 Å². The minimum absolute atomic E-state index is 0.113. The van der Waals surface area contributed by atoms with Crippen LogP contribution < -0.4 is 5.01 Å². The van der Waals surface area contributed by atoms with E-state index < -0.39 is 11.9 Å². The Kier molecular flexibility index (Phi) is 5.85. The van der Waals surface area contributed by atoms with Gasteiger partial charge in [0.2, 0.25) is 0 Å². The van der Waals surface area contributed by atoms with Crippen molar-refractivity contribution in [3.05, 3.63) is 82.1 Å². The number of rotatable bonds is 5. The lowest BCUT2D eigenvalue weighted by Gasteiger charge is -2.11. The lowest BCUT2D eigenvalue weighted by atomic mass is 10.1. The van der Waals surface area contributed by atoms with Crippen LogP contribution in [0.4, 0.5) is 5.69 Å². The summed E-state index contributed by atoms with van der Waals surface area (Å²) >= 11 is 6.07. The number of carbonyl (C=O) groups is 3. The number of nitrogens with zero attached hydrogens (tertiary/aromatic N) is 2. The molecule has 0 aliphatic carbocycles. The first kappa shape index (κ1) is 22.0. The molecule has 0 radical (unpaired) electrons. The zero-order chi connectivity index (χ0) is 23.7. The smallest absolute Gasteiger partial charge is 0.339 e. The Bertz CT molecular complexity index is 1340. The van der Waals surface area contributed by atoms with Crippen molar-refractivity contribution in [3.63, 3.8) is 0 Å². The number of esters is 1. The SMILES string of the molecule is COC(=O)c1cc(-c2ccc(/C=C3\C(=O)N(c4ccc(C(=O)O)cc4)N=C3C)o2)ccc1Cl. The summed E-state index contributed by atoms with van der Waals surface area (Å²) in [5, 5.41) is 14.8. The van der Waals surface area contributed by atoms with Gasteiger partial charge in [-0.3, -0.25) is 4.79 Å². The molecule has 0 spiro atoms. The molecule has 0 fully saturated rings. The summed E-state index contributed by atoms with van der Waals surface area (Å²) in [6, 6.07) is 14.1. The van der Waals surface area contributed by atoms with E-state index in [0.717, 1.165) is 0 Å². The molecule has 1 aliphatic heterocycles. The molecule has 0 bridgehead atoms. The van der Waals surface area contributed by atoms with Crippen molar-refractivity contribution in [3.8, 4) is 11.3 Å². The molecule has 8 nitrogen and oxygen atoms in total. The van der Waals surface area contributed by atoms with Crippen molar-refractivity contribution >= 4 is 46.9 Å². The van der Waals surface area contributed by atoms with E-state index in [1.165, 1.54) is 36.4 Å². The predicted octanol–water partition coefficient (Wildman–Crippen LogP) is 4.89. The quantitative estimate of drug-likeness (QED) is 0.425. The fourth-order valence-corrected chi connectivity index (χ4v) is 3.47. The van der Waals surface area contributed by atoms with Gasteiger partial charge >= 0.3 is 11.9 Å². The average Bonchev–Trinajstić information content (AvgIpc) is 3.39. The highest BCUT2D eigenvalue weighted by Gasteiger charge is 2.29. The van der Waals surface area contributed by atoms with E-state index in [4.69, 9.17) is 25.9 Å². The largest absolute Gasteiger partial charge is 0.478 e. The van der Waals surface area contributed by atoms with Crippen LogP contribution in [-0.2, 0) is 9.53 Å². The van der Waals surface area contributed by atoms with Crippen LogP contribution in [0.2, 0.25) is 5.02 Å². The molecular weight excluding hydrogens is 448 g/mol. The van der Waals surface area contributed by atoms with Gasteiger partial charge in [0.25, 0.3) is 5.91 Å². The number of amides is 1. The zero-order valence-electron chi connectivity index (χ0n) is 17.5.